The summed E-state index contributed by atoms with van der Waals surface area (Å²) in [7, 11) is 0. The third kappa shape index (κ3) is 4.67. The number of ether oxygens (including phenoxy) is 1. The van der Waals surface area contributed by atoms with E-state index in [9.17, 15) is 37.5 Å². The topological polar surface area (TPSA) is 131 Å². The molecule has 2 N–H and O–H groups in total. The van der Waals surface area contributed by atoms with Crippen LogP contribution in [0.25, 0.3) is 0 Å². The molecule has 3 aliphatic rings. The average Bonchev–Trinajstić information content (AvgIpc) is 3.54. The van der Waals surface area contributed by atoms with Crippen LogP contribution >= 0.6 is 27.7 Å². The smallest absolute Gasteiger partial charge is 0.436 e. The van der Waals surface area contributed by atoms with Crippen molar-refractivity contribution in [1.82, 2.24) is 20.0 Å². The van der Waals surface area contributed by atoms with Gasteiger partial charge < -0.3 is 15.2 Å². The minimum absolute atomic E-state index is 0.151. The van der Waals surface area contributed by atoms with Crippen LogP contribution in [-0.2, 0) is 30.1 Å². The molecule has 3 heterocycles. The summed E-state index contributed by atoms with van der Waals surface area (Å²) in [6, 6.07) is -2.22. The Balaban J connectivity index is 1.52. The summed E-state index contributed by atoms with van der Waals surface area (Å²) >= 11 is 4.17. The van der Waals surface area contributed by atoms with E-state index in [-0.39, 0.29) is 39.7 Å². The molecule has 0 aromatic carbocycles. The van der Waals surface area contributed by atoms with Gasteiger partial charge in [-0.15, -0.1) is 11.8 Å². The number of β-lactam (4-membered cyclic amide) rings is 1. The number of nitrogens with zero attached hydrogens (tertiary/aromatic N) is 3. The minimum atomic E-state index is -4.71. The molecule has 10 nitrogen and oxygen atoms in total. The fraction of sp³-hybridized carbons (Fsp3) is 0.550. The maximum Gasteiger partial charge on any atom is 0.436 e. The molecule has 1 aromatic heterocycles. The Morgan fingerprint density at radius 3 is 2.54 bits per heavy atom. The lowest BCUT2D eigenvalue weighted by atomic mass is 10.0. The first-order valence-electron chi connectivity index (χ1n) is 10.5. The molecule has 190 valence electrons. The Bertz CT molecular complexity index is 1150. The quantitative estimate of drug-likeness (QED) is 0.371. The first kappa shape index (κ1) is 25.5. The second-order valence-electron chi connectivity index (χ2n) is 8.37. The summed E-state index contributed by atoms with van der Waals surface area (Å²) in [5.41, 5.74) is -0.903. The zero-order chi connectivity index (χ0) is 25.8. The van der Waals surface area contributed by atoms with E-state index in [1.807, 2.05) is 0 Å². The number of aliphatic carboxylic acids is 1. The Morgan fingerprint density at radius 2 is 2.00 bits per heavy atom. The van der Waals surface area contributed by atoms with Gasteiger partial charge in [0.05, 0.1) is 10.2 Å². The van der Waals surface area contributed by atoms with Gasteiger partial charge in [0.15, 0.2) is 5.69 Å². The number of carboxylic acids is 1. The van der Waals surface area contributed by atoms with Crippen molar-refractivity contribution >= 4 is 51.4 Å². The summed E-state index contributed by atoms with van der Waals surface area (Å²) in [6.07, 6.45) is -3.37. The number of hydrogen-bond acceptors (Lipinski definition) is 7. The molecule has 1 aliphatic carbocycles. The number of halogens is 4. The summed E-state index contributed by atoms with van der Waals surface area (Å²) in [5.74, 6) is -3.39. The highest BCUT2D eigenvalue weighted by Crippen LogP contribution is 2.48. The van der Waals surface area contributed by atoms with E-state index >= 15 is 0 Å². The molecule has 3 atom stereocenters. The number of aromatic nitrogens is 2. The number of carboxylic acid groups (broad SMARTS) is 1. The Morgan fingerprint density at radius 1 is 1.34 bits per heavy atom. The molecule has 35 heavy (non-hydrogen) atoms. The summed E-state index contributed by atoms with van der Waals surface area (Å²) in [4.78, 5) is 49.6. The van der Waals surface area contributed by atoms with E-state index in [1.165, 1.54) is 25.6 Å². The maximum absolute atomic E-state index is 13.4. The fourth-order valence-electron chi connectivity index (χ4n) is 3.99. The highest BCUT2D eigenvalue weighted by molar-refractivity contribution is 9.10. The molecule has 1 saturated heterocycles. The normalized spacial score (nSPS) is 22.9. The number of esters is 1. The van der Waals surface area contributed by atoms with Crippen molar-refractivity contribution in [2.75, 3.05) is 12.4 Å². The molecular formula is C20H20BrF3N4O6S. The van der Waals surface area contributed by atoms with Crippen LogP contribution in [0.5, 0.6) is 0 Å². The van der Waals surface area contributed by atoms with Crippen LogP contribution in [-0.4, -0.2) is 67.3 Å². The molecule has 0 bridgehead atoms. The SMILES string of the molecule is CC(=O)OCC1=C(C(=O)O)N2C(=O)[C@H](NC(=O)[C@@H](C)n3nc(C(F)(F)F)c(Br)c3C3CC3)[C@@H]2SC1. The van der Waals surface area contributed by atoms with Gasteiger partial charge in [0.2, 0.25) is 5.91 Å². The van der Waals surface area contributed by atoms with Crippen LogP contribution in [0.3, 0.4) is 0 Å². The molecule has 1 aromatic rings. The maximum atomic E-state index is 13.4. The van der Waals surface area contributed by atoms with Crippen molar-refractivity contribution in [2.24, 2.45) is 0 Å². The zero-order valence-electron chi connectivity index (χ0n) is 18.4. The molecule has 1 saturated carbocycles. The molecule has 2 fully saturated rings. The van der Waals surface area contributed by atoms with Gasteiger partial charge in [0.1, 0.15) is 29.8 Å². The van der Waals surface area contributed by atoms with Gasteiger partial charge in [0.25, 0.3) is 5.91 Å². The van der Waals surface area contributed by atoms with E-state index in [0.29, 0.717) is 12.8 Å². The first-order valence-corrected chi connectivity index (χ1v) is 12.4. The van der Waals surface area contributed by atoms with Crippen LogP contribution in [0.4, 0.5) is 13.2 Å². The summed E-state index contributed by atoms with van der Waals surface area (Å²) in [5, 5.41) is 15.1. The van der Waals surface area contributed by atoms with E-state index in [4.69, 9.17) is 4.74 Å². The highest BCUT2D eigenvalue weighted by Gasteiger charge is 2.54. The van der Waals surface area contributed by atoms with Crippen molar-refractivity contribution in [2.45, 2.75) is 56.2 Å². The Labute approximate surface area is 209 Å². The lowest BCUT2D eigenvalue weighted by molar-refractivity contribution is -0.151. The highest BCUT2D eigenvalue weighted by atomic mass is 79.9. The van der Waals surface area contributed by atoms with Crippen molar-refractivity contribution in [3.8, 4) is 0 Å². The zero-order valence-corrected chi connectivity index (χ0v) is 20.8. The Hall–Kier alpha value is -2.55. The number of hydrogen-bond donors (Lipinski definition) is 2. The number of thioether (sulfide) groups is 1. The van der Waals surface area contributed by atoms with E-state index < -0.39 is 53.1 Å². The largest absolute Gasteiger partial charge is 0.477 e. The Kier molecular flexibility index (Phi) is 6.68. The number of fused-ring (bicyclic) bond motifs is 1. The number of carbonyl (C=O) groups is 4. The number of rotatable bonds is 7. The molecule has 2 aliphatic heterocycles. The lowest BCUT2D eigenvalue weighted by Gasteiger charge is -2.49. The number of carbonyl (C=O) groups excluding carboxylic acids is 3. The van der Waals surface area contributed by atoms with Gasteiger partial charge in [-0.3, -0.25) is 24.0 Å². The predicted molar refractivity (Wildman–Crippen MR) is 118 cm³/mol. The third-order valence-corrected chi connectivity index (χ3v) is 7.98. The molecule has 15 heteroatoms. The van der Waals surface area contributed by atoms with Crippen LogP contribution in [0.15, 0.2) is 15.7 Å². The van der Waals surface area contributed by atoms with E-state index in [1.54, 1.807) is 0 Å². The predicted octanol–water partition coefficient (Wildman–Crippen LogP) is 2.40. The molecule has 0 radical (unpaired) electrons. The fourth-order valence-corrected chi connectivity index (χ4v) is 6.13. The van der Waals surface area contributed by atoms with Crippen molar-refractivity contribution < 1.29 is 42.2 Å². The molecule has 0 spiro atoms. The number of amides is 2. The van der Waals surface area contributed by atoms with Gasteiger partial charge in [-0.1, -0.05) is 0 Å². The minimum Gasteiger partial charge on any atom is -0.477 e. The molecule has 0 unspecified atom stereocenters. The van der Waals surface area contributed by atoms with Crippen molar-refractivity contribution in [1.29, 1.82) is 0 Å². The first-order chi connectivity index (χ1) is 16.3. The van der Waals surface area contributed by atoms with E-state index in [0.717, 1.165) is 9.58 Å². The lowest BCUT2D eigenvalue weighted by Crippen LogP contribution is -2.71. The van der Waals surface area contributed by atoms with Crippen LogP contribution in [0.1, 0.15) is 50.0 Å². The molecule has 4 rings (SSSR count). The second kappa shape index (κ2) is 9.15. The van der Waals surface area contributed by atoms with Crippen LogP contribution in [0, 0.1) is 0 Å². The molecule has 2 amide bonds. The van der Waals surface area contributed by atoms with Crippen LogP contribution < -0.4 is 5.32 Å². The van der Waals surface area contributed by atoms with E-state index in [2.05, 4.69) is 26.3 Å². The second-order valence-corrected chi connectivity index (χ2v) is 10.3. The number of alkyl halides is 3. The molecular weight excluding hydrogens is 561 g/mol. The number of nitrogens with one attached hydrogen (secondary N) is 1. The van der Waals surface area contributed by atoms with Crippen molar-refractivity contribution in [3.63, 3.8) is 0 Å². The van der Waals surface area contributed by atoms with Crippen LogP contribution in [0.2, 0.25) is 0 Å². The summed E-state index contributed by atoms with van der Waals surface area (Å²) in [6.45, 7) is 2.27. The third-order valence-electron chi connectivity index (χ3n) is 5.86. The average molecular weight is 581 g/mol. The van der Waals surface area contributed by atoms with Gasteiger partial charge in [-0.25, -0.2) is 4.79 Å². The van der Waals surface area contributed by atoms with Gasteiger partial charge in [-0.2, -0.15) is 18.3 Å². The van der Waals surface area contributed by atoms with Gasteiger partial charge >= 0.3 is 18.1 Å². The van der Waals surface area contributed by atoms with Gasteiger partial charge in [-0.05, 0) is 35.7 Å². The van der Waals surface area contributed by atoms with Crippen molar-refractivity contribution in [3.05, 3.63) is 27.1 Å². The summed E-state index contributed by atoms with van der Waals surface area (Å²) < 4.78 is 45.9. The standard InChI is InChI=1S/C20H20BrF3N4O6S/c1-7(28-13(9-3-4-9)11(21)15(26-28)20(22,23)24)16(30)25-12-17(31)27-14(19(32)33)10(5-34-8(2)29)6-35-18(12)27/h7,9,12,18H,3-6H2,1-2H3,(H,25,30)(H,32,33)/t7-,12+,18+/m1/s1. The van der Waals surface area contributed by atoms with Gasteiger partial charge in [0, 0.05) is 24.2 Å². The monoisotopic (exact) mass is 580 g/mol.